The van der Waals surface area contributed by atoms with Crippen molar-refractivity contribution in [1.82, 2.24) is 5.32 Å². The smallest absolute Gasteiger partial charge is 0.319 e. The Morgan fingerprint density at radius 2 is 2.11 bits per heavy atom. The van der Waals surface area contributed by atoms with Crippen molar-refractivity contribution < 1.29 is 4.79 Å². The Hall–Kier alpha value is -1.49. The lowest BCUT2D eigenvalue weighted by molar-refractivity contribution is 0.253. The number of nitrogens with zero attached hydrogens (tertiary/aromatic N) is 1. The zero-order valence-electron chi connectivity index (χ0n) is 10.8. The van der Waals surface area contributed by atoms with Gasteiger partial charge in [-0.05, 0) is 31.0 Å². The number of urea groups is 1. The first-order valence-corrected chi connectivity index (χ1v) is 7.17. The molecule has 2 N–H and O–H groups in total. The van der Waals surface area contributed by atoms with E-state index in [1.54, 1.807) is 0 Å². The molecule has 1 heterocycles. The van der Waals surface area contributed by atoms with Crippen molar-refractivity contribution in [3.63, 3.8) is 0 Å². The monoisotopic (exact) mass is 323 g/mol. The minimum absolute atomic E-state index is 0.223. The Bertz CT molecular complexity index is 470. The third-order valence-corrected chi connectivity index (χ3v) is 3.30. The number of hydrogen-bond acceptors (Lipinski definition) is 2. The minimum Gasteiger partial charge on any atom is -0.371 e. The van der Waals surface area contributed by atoms with E-state index in [0.29, 0.717) is 6.54 Å². The Kier molecular flexibility index (Phi) is 4.85. The van der Waals surface area contributed by atoms with E-state index in [4.69, 9.17) is 0 Å². The Morgan fingerprint density at radius 1 is 1.37 bits per heavy atom. The lowest BCUT2D eigenvalue weighted by Crippen LogP contribution is -2.29. The lowest BCUT2D eigenvalue weighted by atomic mass is 10.2. The quantitative estimate of drug-likeness (QED) is 0.892. The zero-order valence-corrected chi connectivity index (χ0v) is 12.4. The maximum Gasteiger partial charge on any atom is 0.319 e. The predicted molar refractivity (Wildman–Crippen MR) is 83.0 cm³/mol. The van der Waals surface area contributed by atoms with Crippen LogP contribution >= 0.6 is 15.9 Å². The molecule has 102 valence electrons. The number of amides is 2. The molecular weight excluding hydrogens is 306 g/mol. The number of rotatable bonds is 4. The van der Waals surface area contributed by atoms with Crippen LogP contribution in [0.1, 0.15) is 12.8 Å². The number of nitrogens with one attached hydrogen (secondary N) is 2. The van der Waals surface area contributed by atoms with E-state index in [9.17, 15) is 4.79 Å². The summed E-state index contributed by atoms with van der Waals surface area (Å²) in [5, 5.41) is 5.53. The van der Waals surface area contributed by atoms with E-state index >= 15 is 0 Å². The van der Waals surface area contributed by atoms with Crippen LogP contribution in [0.2, 0.25) is 0 Å². The maximum absolute atomic E-state index is 11.7. The van der Waals surface area contributed by atoms with Gasteiger partial charge in [-0.25, -0.2) is 4.79 Å². The van der Waals surface area contributed by atoms with E-state index in [1.165, 1.54) is 18.5 Å². The number of hydrogen-bond donors (Lipinski definition) is 2. The fourth-order valence-electron chi connectivity index (χ4n) is 2.11. The molecule has 0 unspecified atom stereocenters. The predicted octanol–water partition coefficient (Wildman–Crippen LogP) is 3.32. The molecule has 4 nitrogen and oxygen atoms in total. The van der Waals surface area contributed by atoms with Gasteiger partial charge in [-0.3, -0.25) is 0 Å². The van der Waals surface area contributed by atoms with Gasteiger partial charge in [-0.15, -0.1) is 0 Å². The summed E-state index contributed by atoms with van der Waals surface area (Å²) < 4.78 is 0.744. The van der Waals surface area contributed by atoms with E-state index in [0.717, 1.165) is 23.3 Å². The van der Waals surface area contributed by atoms with Crippen LogP contribution in [0.3, 0.4) is 0 Å². The molecule has 0 atom stereocenters. The molecule has 0 saturated carbocycles. The van der Waals surface area contributed by atoms with Crippen LogP contribution in [0.4, 0.5) is 16.2 Å². The van der Waals surface area contributed by atoms with Gasteiger partial charge in [0.2, 0.25) is 0 Å². The summed E-state index contributed by atoms with van der Waals surface area (Å²) in [5.41, 5.74) is 1.97. The van der Waals surface area contributed by atoms with Crippen LogP contribution in [0.15, 0.2) is 35.3 Å². The van der Waals surface area contributed by atoms with Gasteiger partial charge in [0.1, 0.15) is 0 Å². The second-order valence-electron chi connectivity index (χ2n) is 4.57. The van der Waals surface area contributed by atoms with Crippen LogP contribution in [-0.4, -0.2) is 25.7 Å². The third-order valence-electron chi connectivity index (χ3n) is 3.02. The number of carbonyl (C=O) groups excluding carboxylic acids is 1. The highest BCUT2D eigenvalue weighted by Gasteiger charge is 2.12. The molecule has 0 aliphatic carbocycles. The summed E-state index contributed by atoms with van der Waals surface area (Å²) in [6.07, 6.45) is 2.48. The van der Waals surface area contributed by atoms with Crippen molar-refractivity contribution in [1.29, 1.82) is 0 Å². The van der Waals surface area contributed by atoms with Crippen LogP contribution < -0.4 is 15.5 Å². The normalized spacial score (nSPS) is 14.3. The highest BCUT2D eigenvalue weighted by molar-refractivity contribution is 9.11. The van der Waals surface area contributed by atoms with Gasteiger partial charge in [0.25, 0.3) is 0 Å². The first-order chi connectivity index (χ1) is 9.15. The molecule has 1 fully saturated rings. The van der Waals surface area contributed by atoms with E-state index in [1.807, 2.05) is 18.2 Å². The fourth-order valence-corrected chi connectivity index (χ4v) is 2.25. The van der Waals surface area contributed by atoms with Crippen molar-refractivity contribution in [2.24, 2.45) is 0 Å². The van der Waals surface area contributed by atoms with Crippen molar-refractivity contribution >= 4 is 33.3 Å². The Morgan fingerprint density at radius 3 is 2.79 bits per heavy atom. The summed E-state index contributed by atoms with van der Waals surface area (Å²) in [5.74, 6) is 0. The van der Waals surface area contributed by atoms with Gasteiger partial charge in [0.05, 0.1) is 6.54 Å². The highest BCUT2D eigenvalue weighted by Crippen LogP contribution is 2.23. The summed E-state index contributed by atoms with van der Waals surface area (Å²) in [4.78, 5) is 14.0. The summed E-state index contributed by atoms with van der Waals surface area (Å²) in [6.45, 7) is 6.27. The minimum atomic E-state index is -0.223. The highest BCUT2D eigenvalue weighted by atomic mass is 79.9. The van der Waals surface area contributed by atoms with Gasteiger partial charge >= 0.3 is 6.03 Å². The molecule has 2 amide bonds. The van der Waals surface area contributed by atoms with Crippen LogP contribution in [0.5, 0.6) is 0 Å². The topological polar surface area (TPSA) is 44.4 Å². The summed E-state index contributed by atoms with van der Waals surface area (Å²) in [6, 6.07) is 7.72. The van der Waals surface area contributed by atoms with Gasteiger partial charge in [-0.1, -0.05) is 28.6 Å². The molecule has 1 aromatic carbocycles. The Balaban J connectivity index is 1.94. The molecule has 0 aromatic heterocycles. The standard InChI is InChI=1S/C14H18BrN3O/c1-11(15)10-16-14(19)17-12-5-4-6-13(9-12)18-7-2-3-8-18/h4-6,9H,1-3,7-8,10H2,(H2,16,17,19). The molecule has 19 heavy (non-hydrogen) atoms. The van der Waals surface area contributed by atoms with Crippen LogP contribution in [0, 0.1) is 0 Å². The summed E-state index contributed by atoms with van der Waals surface area (Å²) >= 11 is 3.20. The average molecular weight is 324 g/mol. The number of anilines is 2. The molecule has 2 rings (SSSR count). The van der Waals surface area contributed by atoms with E-state index in [2.05, 4.69) is 44.1 Å². The first-order valence-electron chi connectivity index (χ1n) is 6.38. The number of halogens is 1. The van der Waals surface area contributed by atoms with Crippen molar-refractivity contribution in [3.05, 3.63) is 35.3 Å². The molecule has 1 saturated heterocycles. The molecule has 0 spiro atoms. The van der Waals surface area contributed by atoms with Crippen molar-refractivity contribution in [2.45, 2.75) is 12.8 Å². The number of carbonyl (C=O) groups is 1. The van der Waals surface area contributed by atoms with E-state index < -0.39 is 0 Å². The molecule has 1 aliphatic heterocycles. The molecular formula is C14H18BrN3O. The lowest BCUT2D eigenvalue weighted by Gasteiger charge is -2.18. The third kappa shape index (κ3) is 4.28. The average Bonchev–Trinajstić information content (AvgIpc) is 2.90. The molecule has 1 aliphatic rings. The second kappa shape index (κ2) is 6.61. The van der Waals surface area contributed by atoms with Crippen molar-refractivity contribution in [3.8, 4) is 0 Å². The van der Waals surface area contributed by atoms with E-state index in [-0.39, 0.29) is 6.03 Å². The van der Waals surface area contributed by atoms with Crippen LogP contribution in [-0.2, 0) is 0 Å². The molecule has 5 heteroatoms. The van der Waals surface area contributed by atoms with Crippen LogP contribution in [0.25, 0.3) is 0 Å². The van der Waals surface area contributed by atoms with Gasteiger partial charge < -0.3 is 15.5 Å². The Labute approximate surface area is 122 Å². The fraction of sp³-hybridized carbons (Fsp3) is 0.357. The SMILES string of the molecule is C=C(Br)CNC(=O)Nc1cccc(N2CCCC2)c1. The van der Waals surface area contributed by atoms with Gasteiger partial charge in [0.15, 0.2) is 0 Å². The molecule has 0 bridgehead atoms. The zero-order chi connectivity index (χ0) is 13.7. The largest absolute Gasteiger partial charge is 0.371 e. The molecule has 0 radical (unpaired) electrons. The maximum atomic E-state index is 11.7. The second-order valence-corrected chi connectivity index (χ2v) is 5.69. The van der Waals surface area contributed by atoms with Gasteiger partial charge in [-0.2, -0.15) is 0 Å². The number of benzene rings is 1. The molecule has 1 aromatic rings. The van der Waals surface area contributed by atoms with Crippen molar-refractivity contribution in [2.75, 3.05) is 29.9 Å². The summed E-state index contributed by atoms with van der Waals surface area (Å²) in [7, 11) is 0. The van der Waals surface area contributed by atoms with Gasteiger partial charge in [0, 0.05) is 28.9 Å². The first kappa shape index (κ1) is 13.9.